The van der Waals surface area contributed by atoms with Crippen LogP contribution in [-0.4, -0.2) is 38.1 Å². The van der Waals surface area contributed by atoms with Gasteiger partial charge in [-0.3, -0.25) is 14.5 Å². The summed E-state index contributed by atoms with van der Waals surface area (Å²) < 4.78 is 5.37. The first-order valence-corrected chi connectivity index (χ1v) is 8.61. The van der Waals surface area contributed by atoms with Gasteiger partial charge in [0.1, 0.15) is 0 Å². The highest BCUT2D eigenvalue weighted by Gasteiger charge is 2.48. The molecule has 2 saturated heterocycles. The number of morpholine rings is 1. The Morgan fingerprint density at radius 3 is 2.29 bits per heavy atom. The van der Waals surface area contributed by atoms with Gasteiger partial charge in [-0.05, 0) is 44.0 Å². The highest BCUT2D eigenvalue weighted by atomic mass is 16.5. The van der Waals surface area contributed by atoms with Crippen molar-refractivity contribution in [1.29, 1.82) is 0 Å². The highest BCUT2D eigenvalue weighted by Crippen LogP contribution is 2.40. The van der Waals surface area contributed by atoms with Crippen LogP contribution in [0.2, 0.25) is 0 Å². The number of anilines is 2. The van der Waals surface area contributed by atoms with E-state index >= 15 is 0 Å². The minimum absolute atomic E-state index is 0.0448. The Morgan fingerprint density at radius 1 is 0.958 bits per heavy atom. The number of allylic oxidation sites excluding steroid dienone is 2. The van der Waals surface area contributed by atoms with Gasteiger partial charge in [-0.15, -0.1) is 0 Å². The minimum atomic E-state index is -0.180. The molecule has 2 amide bonds. The van der Waals surface area contributed by atoms with E-state index in [1.54, 1.807) is 0 Å². The summed E-state index contributed by atoms with van der Waals surface area (Å²) in [5, 5.41) is 0. The summed E-state index contributed by atoms with van der Waals surface area (Å²) in [5.74, 6) is -0.453. The van der Waals surface area contributed by atoms with Crippen molar-refractivity contribution in [2.45, 2.75) is 19.8 Å². The third kappa shape index (κ3) is 2.53. The van der Waals surface area contributed by atoms with E-state index < -0.39 is 0 Å². The Bertz CT molecular complexity index is 689. The van der Waals surface area contributed by atoms with Gasteiger partial charge in [0, 0.05) is 18.8 Å². The summed E-state index contributed by atoms with van der Waals surface area (Å²) in [4.78, 5) is 29.1. The van der Waals surface area contributed by atoms with E-state index in [0.29, 0.717) is 18.5 Å². The van der Waals surface area contributed by atoms with Crippen LogP contribution in [0.4, 0.5) is 11.4 Å². The predicted molar refractivity (Wildman–Crippen MR) is 91.9 cm³/mol. The molecule has 2 heterocycles. The third-order valence-corrected chi connectivity index (χ3v) is 5.31. The van der Waals surface area contributed by atoms with E-state index in [9.17, 15) is 9.59 Å². The zero-order valence-corrected chi connectivity index (χ0v) is 13.9. The van der Waals surface area contributed by atoms with Crippen LogP contribution in [0.25, 0.3) is 0 Å². The number of benzene rings is 1. The van der Waals surface area contributed by atoms with Gasteiger partial charge in [-0.25, -0.2) is 0 Å². The quantitative estimate of drug-likeness (QED) is 0.618. The van der Waals surface area contributed by atoms with Gasteiger partial charge in [-0.2, -0.15) is 0 Å². The molecule has 126 valence electrons. The number of nitrogens with zero attached hydrogens (tertiary/aromatic N) is 2. The Morgan fingerprint density at radius 2 is 1.58 bits per heavy atom. The fourth-order valence-corrected chi connectivity index (χ4v) is 3.93. The number of fused-ring (bicyclic) bond motifs is 1. The van der Waals surface area contributed by atoms with E-state index in [-0.39, 0.29) is 23.7 Å². The summed E-state index contributed by atoms with van der Waals surface area (Å²) >= 11 is 0. The molecule has 3 aliphatic rings. The van der Waals surface area contributed by atoms with Gasteiger partial charge < -0.3 is 9.64 Å². The molecule has 0 unspecified atom stereocenters. The summed E-state index contributed by atoms with van der Waals surface area (Å²) in [6.45, 7) is 5.25. The summed E-state index contributed by atoms with van der Waals surface area (Å²) in [6.07, 6.45) is 3.48. The summed E-state index contributed by atoms with van der Waals surface area (Å²) in [6, 6.07) is 7.76. The van der Waals surface area contributed by atoms with E-state index in [2.05, 4.69) is 11.0 Å². The summed E-state index contributed by atoms with van der Waals surface area (Å²) in [5.41, 5.74) is 3.01. The second-order valence-corrected chi connectivity index (χ2v) is 6.83. The number of carbonyl (C=O) groups excluding carboxylic acids is 2. The molecule has 2 atom stereocenters. The lowest BCUT2D eigenvalue weighted by atomic mass is 9.82. The number of rotatable bonds is 2. The molecule has 0 radical (unpaired) electrons. The van der Waals surface area contributed by atoms with Crippen molar-refractivity contribution in [3.8, 4) is 0 Å². The second kappa shape index (κ2) is 6.06. The lowest BCUT2D eigenvalue weighted by Gasteiger charge is -2.29. The zero-order valence-electron chi connectivity index (χ0n) is 13.9. The maximum atomic E-state index is 12.7. The number of carbonyl (C=O) groups is 2. The SMILES string of the molecule is CC1=CC[C@H]2C(=O)N(c3ccc(N4CCOCC4)cc3)C(=O)[C@H]2C1. The lowest BCUT2D eigenvalue weighted by molar-refractivity contribution is -0.122. The van der Waals surface area contributed by atoms with Crippen LogP contribution in [0.1, 0.15) is 19.8 Å². The van der Waals surface area contributed by atoms with Crippen LogP contribution in [0.3, 0.4) is 0 Å². The van der Waals surface area contributed by atoms with E-state index in [0.717, 1.165) is 32.0 Å². The maximum Gasteiger partial charge on any atom is 0.238 e. The first-order chi connectivity index (χ1) is 11.6. The zero-order chi connectivity index (χ0) is 16.7. The number of amides is 2. The van der Waals surface area contributed by atoms with Crippen molar-refractivity contribution in [1.82, 2.24) is 0 Å². The van der Waals surface area contributed by atoms with Gasteiger partial charge in [0.2, 0.25) is 11.8 Å². The number of imide groups is 1. The van der Waals surface area contributed by atoms with Gasteiger partial charge in [0.25, 0.3) is 0 Å². The van der Waals surface area contributed by atoms with E-state index in [1.807, 2.05) is 31.2 Å². The first-order valence-electron chi connectivity index (χ1n) is 8.61. The van der Waals surface area contributed by atoms with E-state index in [4.69, 9.17) is 4.74 Å². The number of ether oxygens (including phenoxy) is 1. The number of hydrogen-bond donors (Lipinski definition) is 0. The van der Waals surface area contributed by atoms with Crippen LogP contribution < -0.4 is 9.80 Å². The van der Waals surface area contributed by atoms with Crippen molar-refractivity contribution in [3.05, 3.63) is 35.9 Å². The molecule has 0 bridgehead atoms. The summed E-state index contributed by atoms with van der Waals surface area (Å²) in [7, 11) is 0. The van der Waals surface area contributed by atoms with Crippen LogP contribution in [0, 0.1) is 11.8 Å². The molecule has 0 saturated carbocycles. The topological polar surface area (TPSA) is 49.9 Å². The monoisotopic (exact) mass is 326 g/mol. The van der Waals surface area contributed by atoms with Crippen molar-refractivity contribution in [2.75, 3.05) is 36.1 Å². The average molecular weight is 326 g/mol. The molecule has 1 aromatic carbocycles. The minimum Gasteiger partial charge on any atom is -0.378 e. The molecule has 1 aliphatic carbocycles. The fourth-order valence-electron chi connectivity index (χ4n) is 3.93. The molecule has 0 N–H and O–H groups in total. The van der Waals surface area contributed by atoms with Crippen molar-refractivity contribution >= 4 is 23.2 Å². The maximum absolute atomic E-state index is 12.7. The Kier molecular flexibility index (Phi) is 3.88. The Labute approximate surface area is 141 Å². The molecule has 24 heavy (non-hydrogen) atoms. The van der Waals surface area contributed by atoms with Crippen LogP contribution >= 0.6 is 0 Å². The Hall–Kier alpha value is -2.14. The van der Waals surface area contributed by atoms with Crippen LogP contribution in [0.15, 0.2) is 35.9 Å². The molecule has 2 fully saturated rings. The van der Waals surface area contributed by atoms with Gasteiger partial charge in [0.05, 0.1) is 30.7 Å². The Balaban J connectivity index is 1.55. The molecule has 2 aliphatic heterocycles. The predicted octanol–water partition coefficient (Wildman–Crippen LogP) is 2.37. The fraction of sp³-hybridized carbons (Fsp3) is 0.474. The highest BCUT2D eigenvalue weighted by molar-refractivity contribution is 6.22. The first kappa shape index (κ1) is 15.4. The number of hydrogen-bond acceptors (Lipinski definition) is 4. The molecular weight excluding hydrogens is 304 g/mol. The van der Waals surface area contributed by atoms with E-state index in [1.165, 1.54) is 10.5 Å². The molecular formula is C19H22N2O3. The van der Waals surface area contributed by atoms with Gasteiger partial charge in [-0.1, -0.05) is 11.6 Å². The second-order valence-electron chi connectivity index (χ2n) is 6.83. The molecule has 5 nitrogen and oxygen atoms in total. The smallest absolute Gasteiger partial charge is 0.238 e. The van der Waals surface area contributed by atoms with Crippen LogP contribution in [-0.2, 0) is 14.3 Å². The largest absolute Gasteiger partial charge is 0.378 e. The molecule has 5 heteroatoms. The molecule has 0 spiro atoms. The molecule has 1 aromatic rings. The van der Waals surface area contributed by atoms with Crippen molar-refractivity contribution in [2.24, 2.45) is 11.8 Å². The lowest BCUT2D eigenvalue weighted by Crippen LogP contribution is -2.36. The van der Waals surface area contributed by atoms with Crippen LogP contribution in [0.5, 0.6) is 0 Å². The standard InChI is InChI=1S/C19H22N2O3/c1-13-2-7-16-17(12-13)19(23)21(18(16)22)15-5-3-14(4-6-15)20-8-10-24-11-9-20/h2-6,16-17H,7-12H2,1H3/t16-,17+/m1/s1. The van der Waals surface area contributed by atoms with Gasteiger partial charge >= 0.3 is 0 Å². The molecule has 0 aromatic heterocycles. The van der Waals surface area contributed by atoms with Crippen molar-refractivity contribution in [3.63, 3.8) is 0 Å². The normalized spacial score (nSPS) is 27.3. The average Bonchev–Trinajstić information content (AvgIpc) is 2.86. The van der Waals surface area contributed by atoms with Gasteiger partial charge in [0.15, 0.2) is 0 Å². The third-order valence-electron chi connectivity index (χ3n) is 5.31. The molecule has 4 rings (SSSR count). The van der Waals surface area contributed by atoms with Crippen molar-refractivity contribution < 1.29 is 14.3 Å².